The number of rotatable bonds is 0. The molecule has 0 fully saturated rings. The van der Waals surface area contributed by atoms with Gasteiger partial charge in [-0.3, -0.25) is 0 Å². The van der Waals surface area contributed by atoms with Gasteiger partial charge >= 0.3 is 42.6 Å². The summed E-state index contributed by atoms with van der Waals surface area (Å²) in [5, 5.41) is 21.5. The Bertz CT molecular complexity index is 20.5. The van der Waals surface area contributed by atoms with E-state index in [1.165, 1.54) is 0 Å². The fraction of sp³-hybridized carbons (Fsp3) is 0. The largest absolute Gasteiger partial charge is 1.00 e. The fourth-order valence-corrected chi connectivity index (χ4v) is 0. The summed E-state index contributed by atoms with van der Waals surface area (Å²) in [7, 11) is -2.17. The van der Waals surface area contributed by atoms with Crippen molar-refractivity contribution in [3.05, 3.63) is 0 Å². The van der Waals surface area contributed by atoms with Gasteiger partial charge in [0.15, 0.2) is 0 Å². The van der Waals surface area contributed by atoms with Crippen LogP contribution in [-0.4, -0.2) is 22.4 Å². The van der Waals surface area contributed by atoms with Crippen LogP contribution >= 0.6 is 0 Å². The maximum atomic E-state index is 7.17. The summed E-state index contributed by atoms with van der Waals surface area (Å²) in [6.45, 7) is 0. The van der Waals surface area contributed by atoms with Crippen LogP contribution in [0.5, 0.6) is 0 Å². The Morgan fingerprint density at radius 3 is 1.20 bits per heavy atom. The van der Waals surface area contributed by atoms with Gasteiger partial charge in [0.2, 0.25) is 0 Å². The SMILES string of the molecule is OB(O)O.[H+].[H+].[H+].[H+].[Na+]. The molecule has 3 N–H and O–H groups in total. The standard InChI is InChI=1S/BH3O3.Na/c2-1(3)4;/h2-4H;/q;+1/p+4. The molecule has 0 aliphatic rings. The van der Waals surface area contributed by atoms with Gasteiger partial charge in [0.1, 0.15) is 0 Å². The van der Waals surface area contributed by atoms with Crippen LogP contribution in [0.3, 0.4) is 0 Å². The Kier molecular flexibility index (Phi) is 9.24. The van der Waals surface area contributed by atoms with E-state index in [1.807, 2.05) is 0 Å². The molecule has 0 aliphatic carbocycles. The maximum Gasteiger partial charge on any atom is 1.00 e. The zero-order valence-electron chi connectivity index (χ0n) is 6.92. The molecule has 0 bridgehead atoms. The summed E-state index contributed by atoms with van der Waals surface area (Å²) < 4.78 is 0. The van der Waals surface area contributed by atoms with Crippen molar-refractivity contribution in [1.82, 2.24) is 0 Å². The maximum absolute atomic E-state index is 7.17. The van der Waals surface area contributed by atoms with Gasteiger partial charge in [0, 0.05) is 0 Å². The number of hydrogen-bond acceptors (Lipinski definition) is 3. The summed E-state index contributed by atoms with van der Waals surface area (Å²) in [6.07, 6.45) is 0. The van der Waals surface area contributed by atoms with Gasteiger partial charge in [-0.05, 0) is 0 Å². The van der Waals surface area contributed by atoms with Crippen LogP contribution in [-0.2, 0) is 0 Å². The molecule has 0 aromatic rings. The van der Waals surface area contributed by atoms with E-state index in [0.717, 1.165) is 0 Å². The Labute approximate surface area is 58.0 Å². The molecule has 0 unspecified atom stereocenters. The second kappa shape index (κ2) is 4.94. The van der Waals surface area contributed by atoms with Crippen LogP contribution in [0.1, 0.15) is 5.71 Å². The third-order valence-electron chi connectivity index (χ3n) is 0. The van der Waals surface area contributed by atoms with Crippen molar-refractivity contribution in [3.63, 3.8) is 0 Å². The first kappa shape index (κ1) is 9.34. The van der Waals surface area contributed by atoms with E-state index < -0.39 is 7.32 Å². The molecule has 0 spiro atoms. The summed E-state index contributed by atoms with van der Waals surface area (Å²) in [6, 6.07) is 0. The first-order chi connectivity index (χ1) is 1.73. The third kappa shape index (κ3) is 48.0. The van der Waals surface area contributed by atoms with E-state index >= 15 is 0 Å². The second-order valence-corrected chi connectivity index (χ2v) is 0.346. The van der Waals surface area contributed by atoms with E-state index in [4.69, 9.17) is 15.1 Å². The van der Waals surface area contributed by atoms with E-state index in [9.17, 15) is 0 Å². The first-order valence-electron chi connectivity index (χ1n) is 0.775. The van der Waals surface area contributed by atoms with Crippen LogP contribution in [0.15, 0.2) is 0 Å². The summed E-state index contributed by atoms with van der Waals surface area (Å²) in [5.74, 6) is 0. The van der Waals surface area contributed by atoms with Crippen molar-refractivity contribution in [2.24, 2.45) is 0 Å². The molecule has 5 heteroatoms. The summed E-state index contributed by atoms with van der Waals surface area (Å²) >= 11 is 0. The number of hydrogen-bond donors (Lipinski definition) is 3. The molecule has 0 aromatic heterocycles. The van der Waals surface area contributed by atoms with Gasteiger partial charge in [-0.15, -0.1) is 0 Å². The van der Waals surface area contributed by atoms with Gasteiger partial charge < -0.3 is 15.1 Å². The van der Waals surface area contributed by atoms with Crippen LogP contribution in [0.2, 0.25) is 0 Å². The fourth-order valence-electron chi connectivity index (χ4n) is 0. The smallest absolute Gasteiger partial charge is 0.402 e. The topological polar surface area (TPSA) is 60.7 Å². The van der Waals surface area contributed by atoms with Crippen LogP contribution in [0.4, 0.5) is 0 Å². The molecule has 0 aromatic carbocycles. The van der Waals surface area contributed by atoms with Crippen molar-refractivity contribution < 1.29 is 50.3 Å². The molecular formula is H7BNaO3+5. The van der Waals surface area contributed by atoms with Crippen molar-refractivity contribution in [2.75, 3.05) is 0 Å². The third-order valence-corrected chi connectivity index (χ3v) is 0. The van der Waals surface area contributed by atoms with Gasteiger partial charge in [0.05, 0.1) is 0 Å². The van der Waals surface area contributed by atoms with Crippen LogP contribution in [0.25, 0.3) is 0 Å². The Morgan fingerprint density at radius 1 is 1.20 bits per heavy atom. The summed E-state index contributed by atoms with van der Waals surface area (Å²) in [5.41, 5.74) is 0. The predicted molar refractivity (Wildman–Crippen MR) is 16.9 cm³/mol. The van der Waals surface area contributed by atoms with E-state index in [0.29, 0.717) is 0 Å². The minimum Gasteiger partial charge on any atom is -0.402 e. The molecule has 5 heavy (non-hydrogen) atoms. The normalized spacial score (nSPS) is 5.40. The molecule has 0 saturated heterocycles. The minimum atomic E-state index is -2.17. The van der Waals surface area contributed by atoms with Crippen molar-refractivity contribution >= 4 is 7.32 Å². The first-order valence-corrected chi connectivity index (χ1v) is 0.775. The molecule has 24 valence electrons. The molecule has 0 atom stereocenters. The van der Waals surface area contributed by atoms with Crippen LogP contribution < -0.4 is 29.6 Å². The monoisotopic (exact) mass is 89.0 g/mol. The van der Waals surface area contributed by atoms with E-state index in [-0.39, 0.29) is 35.3 Å². The molecule has 3 nitrogen and oxygen atoms in total. The van der Waals surface area contributed by atoms with Gasteiger partial charge in [-0.25, -0.2) is 0 Å². The van der Waals surface area contributed by atoms with Crippen LogP contribution in [0, 0.1) is 0 Å². The molecule has 0 aliphatic heterocycles. The Hall–Kier alpha value is 0.945. The quantitative estimate of drug-likeness (QED) is 0.262. The minimum absolute atomic E-state index is 0. The van der Waals surface area contributed by atoms with Crippen molar-refractivity contribution in [2.45, 2.75) is 0 Å². The molecule has 0 saturated carbocycles. The Morgan fingerprint density at radius 2 is 1.20 bits per heavy atom. The Balaban J connectivity index is -0.00000000450. The van der Waals surface area contributed by atoms with E-state index in [2.05, 4.69) is 0 Å². The average molecular weight is 88.9 g/mol. The van der Waals surface area contributed by atoms with Crippen molar-refractivity contribution in [1.29, 1.82) is 0 Å². The van der Waals surface area contributed by atoms with Crippen molar-refractivity contribution in [3.8, 4) is 0 Å². The van der Waals surface area contributed by atoms with E-state index in [1.54, 1.807) is 0 Å². The molecular weight excluding hydrogens is 81.8 g/mol. The molecule has 0 rings (SSSR count). The predicted octanol–water partition coefficient (Wildman–Crippen LogP) is -4.60. The molecule has 0 heterocycles. The summed E-state index contributed by atoms with van der Waals surface area (Å²) in [4.78, 5) is 0. The molecule has 0 amide bonds. The zero-order valence-corrected chi connectivity index (χ0v) is 4.92. The average Bonchev–Trinajstić information content (AvgIpc) is 0.811. The van der Waals surface area contributed by atoms with Gasteiger partial charge in [-0.1, -0.05) is 0 Å². The van der Waals surface area contributed by atoms with Gasteiger partial charge in [0.25, 0.3) is 0 Å². The second-order valence-electron chi connectivity index (χ2n) is 0.346. The zero-order chi connectivity index (χ0) is 3.58. The van der Waals surface area contributed by atoms with Gasteiger partial charge in [-0.2, -0.15) is 0 Å². The molecule has 0 radical (unpaired) electrons.